The zero-order valence-corrected chi connectivity index (χ0v) is 9.00. The van der Waals surface area contributed by atoms with E-state index in [1.54, 1.807) is 0 Å². The second-order valence-corrected chi connectivity index (χ2v) is 4.65. The number of nitrogens with zero attached hydrogens (tertiary/aromatic N) is 2. The van der Waals surface area contributed by atoms with Crippen LogP contribution in [0.5, 0.6) is 0 Å². The minimum Gasteiger partial charge on any atom is -0.301 e. The molecule has 0 radical (unpaired) electrons. The largest absolute Gasteiger partial charge is 0.301 e. The number of fused-ring (bicyclic) bond motifs is 1. The Hall–Kier alpha value is -0.0800. The molecule has 0 bridgehead atoms. The van der Waals surface area contributed by atoms with E-state index in [4.69, 9.17) is 0 Å². The highest BCUT2D eigenvalue weighted by Gasteiger charge is 2.31. The SMILES string of the molecule is CCC1CN2CCCCC2CN1C. The lowest BCUT2D eigenvalue weighted by Crippen LogP contribution is -2.58. The summed E-state index contributed by atoms with van der Waals surface area (Å²) in [6.45, 7) is 6.29. The Morgan fingerprint density at radius 2 is 2.08 bits per heavy atom. The van der Waals surface area contributed by atoms with Crippen molar-refractivity contribution in [2.75, 3.05) is 26.7 Å². The molecule has 0 aromatic carbocycles. The summed E-state index contributed by atoms with van der Waals surface area (Å²) >= 11 is 0. The first-order chi connectivity index (χ1) is 6.31. The molecule has 2 saturated heterocycles. The van der Waals surface area contributed by atoms with Crippen LogP contribution in [0.3, 0.4) is 0 Å². The molecule has 2 aliphatic heterocycles. The van der Waals surface area contributed by atoms with Crippen molar-refractivity contribution in [2.24, 2.45) is 0 Å². The van der Waals surface area contributed by atoms with E-state index in [0.717, 1.165) is 12.1 Å². The van der Waals surface area contributed by atoms with Crippen molar-refractivity contribution in [2.45, 2.75) is 44.7 Å². The maximum atomic E-state index is 2.72. The smallest absolute Gasteiger partial charge is 0.0223 e. The zero-order chi connectivity index (χ0) is 9.26. The van der Waals surface area contributed by atoms with Gasteiger partial charge in [-0.3, -0.25) is 4.90 Å². The predicted octanol–water partition coefficient (Wildman–Crippen LogP) is 1.56. The third kappa shape index (κ3) is 1.89. The molecule has 2 unspecified atom stereocenters. The third-order valence-electron chi connectivity index (χ3n) is 3.79. The summed E-state index contributed by atoms with van der Waals surface area (Å²) in [7, 11) is 2.29. The van der Waals surface area contributed by atoms with Gasteiger partial charge in [-0.1, -0.05) is 13.3 Å². The monoisotopic (exact) mass is 182 g/mol. The molecule has 0 N–H and O–H groups in total. The van der Waals surface area contributed by atoms with Crippen molar-refractivity contribution in [3.63, 3.8) is 0 Å². The first kappa shape index (κ1) is 9.47. The van der Waals surface area contributed by atoms with E-state index in [2.05, 4.69) is 23.8 Å². The minimum atomic E-state index is 0.814. The van der Waals surface area contributed by atoms with Crippen LogP contribution in [0.4, 0.5) is 0 Å². The minimum absolute atomic E-state index is 0.814. The average Bonchev–Trinajstić information content (AvgIpc) is 2.17. The fourth-order valence-corrected chi connectivity index (χ4v) is 2.84. The molecular weight excluding hydrogens is 160 g/mol. The molecule has 0 aromatic heterocycles. The van der Waals surface area contributed by atoms with Crippen LogP contribution in [0.15, 0.2) is 0 Å². The van der Waals surface area contributed by atoms with Gasteiger partial charge in [0.25, 0.3) is 0 Å². The van der Waals surface area contributed by atoms with Crippen LogP contribution < -0.4 is 0 Å². The number of rotatable bonds is 1. The van der Waals surface area contributed by atoms with Crippen LogP contribution in [-0.4, -0.2) is 48.6 Å². The van der Waals surface area contributed by atoms with Gasteiger partial charge in [0.05, 0.1) is 0 Å². The lowest BCUT2D eigenvalue weighted by atomic mass is 9.96. The molecule has 0 aromatic rings. The lowest BCUT2D eigenvalue weighted by Gasteiger charge is -2.47. The zero-order valence-electron chi connectivity index (χ0n) is 9.00. The molecule has 76 valence electrons. The maximum Gasteiger partial charge on any atom is 0.0223 e. The molecular formula is C11H22N2. The van der Waals surface area contributed by atoms with Gasteiger partial charge in [-0.2, -0.15) is 0 Å². The highest BCUT2D eigenvalue weighted by atomic mass is 15.3. The van der Waals surface area contributed by atoms with Crippen molar-refractivity contribution in [3.8, 4) is 0 Å². The van der Waals surface area contributed by atoms with Crippen molar-refractivity contribution >= 4 is 0 Å². The van der Waals surface area contributed by atoms with E-state index >= 15 is 0 Å². The number of piperazine rings is 1. The van der Waals surface area contributed by atoms with Gasteiger partial charge < -0.3 is 4.90 Å². The number of hydrogen-bond acceptors (Lipinski definition) is 2. The highest BCUT2D eigenvalue weighted by molar-refractivity contribution is 4.88. The molecule has 2 fully saturated rings. The van der Waals surface area contributed by atoms with Crippen molar-refractivity contribution in [3.05, 3.63) is 0 Å². The summed E-state index contributed by atoms with van der Waals surface area (Å²) in [5.74, 6) is 0. The Morgan fingerprint density at radius 3 is 2.85 bits per heavy atom. The van der Waals surface area contributed by atoms with Gasteiger partial charge in [0.1, 0.15) is 0 Å². The van der Waals surface area contributed by atoms with Gasteiger partial charge in [0, 0.05) is 25.2 Å². The molecule has 2 rings (SSSR count). The molecule has 13 heavy (non-hydrogen) atoms. The quantitative estimate of drug-likeness (QED) is 0.607. The fourth-order valence-electron chi connectivity index (χ4n) is 2.84. The number of piperidine rings is 1. The maximum absolute atomic E-state index is 2.72. The standard InChI is InChI=1S/C11H22N2/c1-3-10-9-13-7-5-4-6-11(13)8-12(10)2/h10-11H,3-9H2,1-2H3. The van der Waals surface area contributed by atoms with Crippen molar-refractivity contribution < 1.29 is 0 Å². The first-order valence-corrected chi connectivity index (χ1v) is 5.75. The van der Waals surface area contributed by atoms with Gasteiger partial charge in [-0.25, -0.2) is 0 Å². The summed E-state index contributed by atoms with van der Waals surface area (Å²) in [5.41, 5.74) is 0. The Labute approximate surface area is 81.9 Å². The van der Waals surface area contributed by atoms with Crippen LogP contribution in [0.2, 0.25) is 0 Å². The van der Waals surface area contributed by atoms with Crippen LogP contribution in [0.25, 0.3) is 0 Å². The van der Waals surface area contributed by atoms with Gasteiger partial charge in [-0.15, -0.1) is 0 Å². The summed E-state index contributed by atoms with van der Waals surface area (Å²) in [6.07, 6.45) is 5.61. The van der Waals surface area contributed by atoms with Crippen molar-refractivity contribution in [1.82, 2.24) is 9.80 Å². The van der Waals surface area contributed by atoms with E-state index in [1.807, 2.05) is 0 Å². The number of hydrogen-bond donors (Lipinski definition) is 0. The molecule has 2 heterocycles. The Morgan fingerprint density at radius 1 is 1.23 bits per heavy atom. The van der Waals surface area contributed by atoms with Crippen LogP contribution >= 0.6 is 0 Å². The molecule has 2 aliphatic rings. The van der Waals surface area contributed by atoms with Gasteiger partial charge in [-0.05, 0) is 32.9 Å². The third-order valence-corrected chi connectivity index (χ3v) is 3.79. The van der Waals surface area contributed by atoms with E-state index in [0.29, 0.717) is 0 Å². The van der Waals surface area contributed by atoms with Crippen LogP contribution in [-0.2, 0) is 0 Å². The molecule has 0 spiro atoms. The molecule has 0 aliphatic carbocycles. The molecule has 0 amide bonds. The van der Waals surface area contributed by atoms with Gasteiger partial charge >= 0.3 is 0 Å². The molecule has 0 saturated carbocycles. The number of likely N-dealkylation sites (N-methyl/N-ethyl adjacent to an activating group) is 1. The van der Waals surface area contributed by atoms with Crippen molar-refractivity contribution in [1.29, 1.82) is 0 Å². The second kappa shape index (κ2) is 3.97. The second-order valence-electron chi connectivity index (χ2n) is 4.65. The van der Waals surface area contributed by atoms with E-state index in [9.17, 15) is 0 Å². The Bertz CT molecular complexity index is 169. The van der Waals surface area contributed by atoms with Gasteiger partial charge in [0.2, 0.25) is 0 Å². The Kier molecular flexibility index (Phi) is 2.89. The average molecular weight is 182 g/mol. The topological polar surface area (TPSA) is 6.48 Å². The van der Waals surface area contributed by atoms with Gasteiger partial charge in [0.15, 0.2) is 0 Å². The first-order valence-electron chi connectivity index (χ1n) is 5.75. The fraction of sp³-hybridized carbons (Fsp3) is 1.00. The van der Waals surface area contributed by atoms with Crippen LogP contribution in [0, 0.1) is 0 Å². The normalized spacial score (nSPS) is 37.4. The van der Waals surface area contributed by atoms with E-state index in [1.165, 1.54) is 45.3 Å². The summed E-state index contributed by atoms with van der Waals surface area (Å²) in [5, 5.41) is 0. The molecule has 2 heteroatoms. The van der Waals surface area contributed by atoms with E-state index < -0.39 is 0 Å². The van der Waals surface area contributed by atoms with Crippen LogP contribution in [0.1, 0.15) is 32.6 Å². The molecule has 2 nitrogen and oxygen atoms in total. The summed E-state index contributed by atoms with van der Waals surface area (Å²) in [6, 6.07) is 1.69. The highest BCUT2D eigenvalue weighted by Crippen LogP contribution is 2.23. The summed E-state index contributed by atoms with van der Waals surface area (Å²) < 4.78 is 0. The van der Waals surface area contributed by atoms with E-state index in [-0.39, 0.29) is 0 Å². The molecule has 2 atom stereocenters. The lowest BCUT2D eigenvalue weighted by molar-refractivity contribution is 0.0218. The Balaban J connectivity index is 1.97. The predicted molar refractivity (Wildman–Crippen MR) is 55.9 cm³/mol. The summed E-state index contributed by atoms with van der Waals surface area (Å²) in [4.78, 5) is 5.28.